The molecule has 36 heavy (non-hydrogen) atoms. The summed E-state index contributed by atoms with van der Waals surface area (Å²) in [6.07, 6.45) is -4.21. The number of anilines is 1. The number of carbonyl (C=O) groups excluding carboxylic acids is 1. The molecule has 3 aromatic rings. The topological polar surface area (TPSA) is 84.0 Å². The van der Waals surface area contributed by atoms with Crippen molar-refractivity contribution in [2.24, 2.45) is 4.99 Å². The van der Waals surface area contributed by atoms with Crippen molar-refractivity contribution in [2.45, 2.75) is 19.5 Å². The van der Waals surface area contributed by atoms with Crippen molar-refractivity contribution in [3.8, 4) is 5.88 Å². The number of rotatable bonds is 6. The van der Waals surface area contributed by atoms with Gasteiger partial charge in [0.25, 0.3) is 5.91 Å². The molecule has 1 aliphatic heterocycles. The van der Waals surface area contributed by atoms with E-state index in [-0.39, 0.29) is 22.7 Å². The second-order valence-corrected chi connectivity index (χ2v) is 8.74. The van der Waals surface area contributed by atoms with Gasteiger partial charge in [-0.15, -0.1) is 0 Å². The molecule has 4 rings (SSSR count). The molecule has 3 N–H and O–H groups in total. The number of alkyl halides is 3. The van der Waals surface area contributed by atoms with E-state index in [1.165, 1.54) is 24.3 Å². The summed E-state index contributed by atoms with van der Waals surface area (Å²) >= 11 is 0. The fourth-order valence-corrected chi connectivity index (χ4v) is 4.20. The number of aromatic amines is 1. The molecular weight excluding hydrogens is 478 g/mol. The second kappa shape index (κ2) is 10.2. The molecule has 2 aromatic carbocycles. The van der Waals surface area contributed by atoms with Crippen LogP contribution in [0.3, 0.4) is 0 Å². The Bertz CT molecular complexity index is 1290. The van der Waals surface area contributed by atoms with Gasteiger partial charge in [-0.05, 0) is 49.9 Å². The second-order valence-electron chi connectivity index (χ2n) is 8.74. The van der Waals surface area contributed by atoms with Crippen LogP contribution in [0.15, 0.2) is 41.4 Å². The number of aromatic hydroxyl groups is 1. The Morgan fingerprint density at radius 1 is 1.14 bits per heavy atom. The van der Waals surface area contributed by atoms with E-state index in [0.29, 0.717) is 23.0 Å². The van der Waals surface area contributed by atoms with Gasteiger partial charge < -0.3 is 25.2 Å². The van der Waals surface area contributed by atoms with Gasteiger partial charge in [0, 0.05) is 48.3 Å². The summed E-state index contributed by atoms with van der Waals surface area (Å²) in [5.74, 6) is -1.64. The number of nitrogens with zero attached hydrogens (tertiary/aromatic N) is 3. The van der Waals surface area contributed by atoms with Crippen molar-refractivity contribution in [2.75, 3.05) is 44.7 Å². The zero-order valence-corrected chi connectivity index (χ0v) is 19.9. The Morgan fingerprint density at radius 2 is 1.86 bits per heavy atom. The minimum Gasteiger partial charge on any atom is -0.494 e. The molecule has 0 spiro atoms. The number of benzene rings is 2. The molecule has 0 radical (unpaired) electrons. The van der Waals surface area contributed by atoms with Crippen molar-refractivity contribution in [1.82, 2.24) is 15.2 Å². The predicted octanol–water partition coefficient (Wildman–Crippen LogP) is 4.59. The van der Waals surface area contributed by atoms with E-state index in [2.05, 4.69) is 19.8 Å². The summed E-state index contributed by atoms with van der Waals surface area (Å²) in [5, 5.41) is 12.8. The fraction of sp³-hybridized carbons (Fsp3) is 0.360. The maximum atomic E-state index is 15.0. The highest BCUT2D eigenvalue weighted by Gasteiger charge is 2.28. The maximum Gasteiger partial charge on any atom is 0.405 e. The molecular formula is C25H27F4N5O2. The zero-order chi connectivity index (χ0) is 26.0. The number of aromatic nitrogens is 1. The van der Waals surface area contributed by atoms with Crippen molar-refractivity contribution < 1.29 is 27.5 Å². The third kappa shape index (κ3) is 5.62. The van der Waals surface area contributed by atoms with Crippen molar-refractivity contribution in [1.29, 1.82) is 0 Å². The van der Waals surface area contributed by atoms with Crippen LogP contribution in [0, 0.1) is 5.82 Å². The van der Waals surface area contributed by atoms with Crippen LogP contribution in [0.1, 0.15) is 29.3 Å². The largest absolute Gasteiger partial charge is 0.494 e. The number of hydrogen-bond donors (Lipinski definition) is 3. The Kier molecular flexibility index (Phi) is 7.21. The molecule has 1 aromatic heterocycles. The number of carbonyl (C=O) groups is 1. The van der Waals surface area contributed by atoms with Crippen LogP contribution >= 0.6 is 0 Å². The third-order valence-electron chi connectivity index (χ3n) is 6.17. The lowest BCUT2D eigenvalue weighted by atomic mass is 10.0. The van der Waals surface area contributed by atoms with Gasteiger partial charge in [0.05, 0.1) is 17.0 Å². The molecule has 0 unspecified atom stereocenters. The summed E-state index contributed by atoms with van der Waals surface area (Å²) < 4.78 is 52.5. The van der Waals surface area contributed by atoms with Crippen molar-refractivity contribution >= 4 is 33.9 Å². The van der Waals surface area contributed by atoms with E-state index in [0.717, 1.165) is 31.9 Å². The minimum absolute atomic E-state index is 0.00911. The molecule has 0 saturated carbocycles. The van der Waals surface area contributed by atoms with E-state index in [1.807, 2.05) is 12.4 Å². The highest BCUT2D eigenvalue weighted by Crippen LogP contribution is 2.32. The summed E-state index contributed by atoms with van der Waals surface area (Å²) in [6, 6.07) is 9.05. The fourth-order valence-electron chi connectivity index (χ4n) is 4.20. The number of nitrogens with one attached hydrogen (secondary N) is 2. The third-order valence-corrected chi connectivity index (χ3v) is 6.17. The normalized spacial score (nSPS) is 15.5. The molecule has 7 nitrogen and oxygen atoms in total. The first kappa shape index (κ1) is 25.5. The highest BCUT2D eigenvalue weighted by atomic mass is 19.4. The monoisotopic (exact) mass is 505 g/mol. The van der Waals surface area contributed by atoms with Gasteiger partial charge >= 0.3 is 6.18 Å². The molecule has 0 bridgehead atoms. The van der Waals surface area contributed by atoms with Crippen LogP contribution in [0.5, 0.6) is 5.88 Å². The van der Waals surface area contributed by atoms with E-state index in [1.54, 1.807) is 19.1 Å². The molecule has 0 atom stereocenters. The van der Waals surface area contributed by atoms with Gasteiger partial charge in [-0.25, -0.2) is 9.38 Å². The van der Waals surface area contributed by atoms with Crippen molar-refractivity contribution in [3.63, 3.8) is 0 Å². The SMILES string of the molecule is CCC(=Nc1ccc(N2CCN(C)CC2)cc1F)c1c(O)[nH]c2ccc(C(=O)NCC(F)(F)F)cc12. The van der Waals surface area contributed by atoms with Crippen LogP contribution in [-0.4, -0.2) is 72.6 Å². The number of aliphatic imine (C=N–C) groups is 1. The molecule has 1 amide bonds. The number of amides is 1. The molecule has 1 fully saturated rings. The summed E-state index contributed by atoms with van der Waals surface area (Å²) in [4.78, 5) is 23.8. The molecule has 1 aliphatic rings. The van der Waals surface area contributed by atoms with Crippen LogP contribution in [0.25, 0.3) is 10.9 Å². The molecule has 1 saturated heterocycles. The number of fused-ring (bicyclic) bond motifs is 1. The standard InChI is InChI=1S/C25H27F4N5O2/c1-3-19(31-21-7-5-16(13-18(21)26)34-10-8-33(2)9-11-34)22-17-12-15(4-6-20(17)32-24(22)36)23(35)30-14-25(27,28)29/h4-7,12-13,32,36H,3,8-11,14H2,1-2H3,(H,30,35). The van der Waals surface area contributed by atoms with Crippen LogP contribution < -0.4 is 10.2 Å². The van der Waals surface area contributed by atoms with Gasteiger partial charge in [0.2, 0.25) is 0 Å². The molecule has 192 valence electrons. The highest BCUT2D eigenvalue weighted by molar-refractivity contribution is 6.14. The number of likely N-dealkylation sites (N-methyl/N-ethyl adjacent to an activating group) is 1. The van der Waals surface area contributed by atoms with Crippen LogP contribution in [0.4, 0.5) is 28.9 Å². The first-order valence-electron chi connectivity index (χ1n) is 11.6. The Labute approximate surface area is 205 Å². The van der Waals surface area contributed by atoms with Crippen LogP contribution in [0.2, 0.25) is 0 Å². The predicted molar refractivity (Wildman–Crippen MR) is 131 cm³/mol. The van der Waals surface area contributed by atoms with Gasteiger partial charge in [-0.2, -0.15) is 13.2 Å². The van der Waals surface area contributed by atoms with Gasteiger partial charge in [0.15, 0.2) is 11.7 Å². The Morgan fingerprint density at radius 3 is 2.50 bits per heavy atom. The van der Waals surface area contributed by atoms with E-state index >= 15 is 4.39 Å². The van der Waals surface area contributed by atoms with E-state index < -0.39 is 24.4 Å². The number of hydrogen-bond acceptors (Lipinski definition) is 5. The quantitative estimate of drug-likeness (QED) is 0.338. The van der Waals surface area contributed by atoms with Gasteiger partial charge in [-0.3, -0.25) is 4.79 Å². The maximum absolute atomic E-state index is 15.0. The van der Waals surface area contributed by atoms with E-state index in [9.17, 15) is 23.1 Å². The van der Waals surface area contributed by atoms with Gasteiger partial charge in [-0.1, -0.05) is 6.92 Å². The van der Waals surface area contributed by atoms with E-state index in [4.69, 9.17) is 0 Å². The Balaban J connectivity index is 1.65. The lowest BCUT2D eigenvalue weighted by molar-refractivity contribution is -0.123. The molecule has 0 aliphatic carbocycles. The summed E-state index contributed by atoms with van der Waals surface area (Å²) in [6.45, 7) is 3.69. The summed E-state index contributed by atoms with van der Waals surface area (Å²) in [5.41, 5.74) is 1.94. The average molecular weight is 506 g/mol. The number of H-pyrrole nitrogens is 1. The average Bonchev–Trinajstić information content (AvgIpc) is 3.16. The Hall–Kier alpha value is -3.60. The molecule has 11 heteroatoms. The molecule has 2 heterocycles. The van der Waals surface area contributed by atoms with Gasteiger partial charge in [0.1, 0.15) is 6.54 Å². The number of piperazine rings is 1. The smallest absolute Gasteiger partial charge is 0.405 e. The number of halogens is 4. The first-order chi connectivity index (χ1) is 17.1. The summed E-state index contributed by atoms with van der Waals surface area (Å²) in [7, 11) is 2.04. The lowest BCUT2D eigenvalue weighted by Crippen LogP contribution is -2.44. The minimum atomic E-state index is -4.54. The van der Waals surface area contributed by atoms with Crippen molar-refractivity contribution in [3.05, 3.63) is 53.3 Å². The first-order valence-corrected chi connectivity index (χ1v) is 11.6. The zero-order valence-electron chi connectivity index (χ0n) is 19.9. The lowest BCUT2D eigenvalue weighted by Gasteiger charge is -2.34. The van der Waals surface area contributed by atoms with Crippen LogP contribution in [-0.2, 0) is 0 Å².